The van der Waals surface area contributed by atoms with E-state index in [-0.39, 0.29) is 6.04 Å². The van der Waals surface area contributed by atoms with E-state index in [2.05, 4.69) is 106 Å². The number of nitrogens with one attached hydrogen (secondary N) is 1. The molecule has 3 nitrogen and oxygen atoms in total. The van der Waals surface area contributed by atoms with Gasteiger partial charge in [-0.25, -0.2) is 0 Å². The number of allylic oxidation sites excluding steroid dienone is 2. The first-order valence-electron chi connectivity index (χ1n) is 12.4. The molecule has 180 valence electrons. The van der Waals surface area contributed by atoms with Crippen molar-refractivity contribution in [2.45, 2.75) is 25.0 Å². The molecular weight excluding hydrogens is 510 g/mol. The Balaban J connectivity index is 1.31. The molecule has 0 radical (unpaired) electrons. The Morgan fingerprint density at radius 2 is 1.67 bits per heavy atom. The van der Waals surface area contributed by atoms with Crippen LogP contribution in [0, 0.1) is 5.92 Å². The summed E-state index contributed by atoms with van der Waals surface area (Å²) in [5, 5.41) is 3.86. The smallest absolute Gasteiger partial charge is 0.175 e. The molecule has 2 aliphatic rings. The molecule has 36 heavy (non-hydrogen) atoms. The lowest BCUT2D eigenvalue weighted by Crippen LogP contribution is -2.29. The maximum absolute atomic E-state index is 6.18. The van der Waals surface area contributed by atoms with Crippen molar-refractivity contribution in [3.63, 3.8) is 0 Å². The molecule has 0 saturated carbocycles. The topological polar surface area (TPSA) is 30.5 Å². The Morgan fingerprint density at radius 1 is 0.889 bits per heavy atom. The molecule has 1 heterocycles. The van der Waals surface area contributed by atoms with Gasteiger partial charge in [0.05, 0.1) is 17.6 Å². The van der Waals surface area contributed by atoms with E-state index in [1.165, 1.54) is 27.9 Å². The zero-order chi connectivity index (χ0) is 24.5. The second kappa shape index (κ2) is 9.87. The van der Waals surface area contributed by atoms with Crippen LogP contribution in [-0.2, 0) is 6.61 Å². The number of ether oxygens (including phenoxy) is 2. The molecule has 1 N–H and O–H groups in total. The monoisotopic (exact) mass is 537 g/mol. The second-order valence-electron chi connectivity index (χ2n) is 9.45. The molecule has 0 amide bonds. The summed E-state index contributed by atoms with van der Waals surface area (Å²) in [6.07, 6.45) is 5.76. The lowest BCUT2D eigenvalue weighted by atomic mass is 9.76. The fourth-order valence-electron chi connectivity index (χ4n) is 5.52. The molecule has 1 aliphatic heterocycles. The lowest BCUT2D eigenvalue weighted by Gasteiger charge is -2.38. The first-order chi connectivity index (χ1) is 17.7. The van der Waals surface area contributed by atoms with Crippen molar-refractivity contribution in [3.8, 4) is 22.6 Å². The van der Waals surface area contributed by atoms with Gasteiger partial charge < -0.3 is 14.8 Å². The number of fused-ring (bicyclic) bond motifs is 3. The van der Waals surface area contributed by atoms with Crippen molar-refractivity contribution in [1.29, 1.82) is 0 Å². The number of methoxy groups -OCH3 is 1. The van der Waals surface area contributed by atoms with E-state index in [9.17, 15) is 0 Å². The number of rotatable bonds is 6. The largest absolute Gasteiger partial charge is 0.493 e. The Labute approximate surface area is 220 Å². The van der Waals surface area contributed by atoms with Gasteiger partial charge in [-0.1, -0.05) is 78.9 Å². The molecule has 0 aromatic heterocycles. The highest BCUT2D eigenvalue weighted by atomic mass is 79.9. The molecule has 0 unspecified atom stereocenters. The molecule has 3 atom stereocenters. The normalized spacial score (nSPS) is 19.8. The zero-order valence-electron chi connectivity index (χ0n) is 20.2. The van der Waals surface area contributed by atoms with Gasteiger partial charge in [-0.15, -0.1) is 0 Å². The minimum Gasteiger partial charge on any atom is -0.493 e. The quantitative estimate of drug-likeness (QED) is 0.250. The van der Waals surface area contributed by atoms with Gasteiger partial charge in [0.2, 0.25) is 0 Å². The van der Waals surface area contributed by atoms with Crippen LogP contribution in [0.4, 0.5) is 5.69 Å². The van der Waals surface area contributed by atoms with Crippen molar-refractivity contribution in [1.82, 2.24) is 0 Å². The second-order valence-corrected chi connectivity index (χ2v) is 10.3. The lowest BCUT2D eigenvalue weighted by molar-refractivity contribution is 0.282. The highest BCUT2D eigenvalue weighted by Gasteiger charge is 2.38. The summed E-state index contributed by atoms with van der Waals surface area (Å²) < 4.78 is 12.9. The maximum atomic E-state index is 6.18. The van der Waals surface area contributed by atoms with Crippen LogP contribution in [0.3, 0.4) is 0 Å². The van der Waals surface area contributed by atoms with Crippen LogP contribution in [0.15, 0.2) is 108 Å². The van der Waals surface area contributed by atoms with Crippen LogP contribution in [0.1, 0.15) is 35.1 Å². The van der Waals surface area contributed by atoms with Gasteiger partial charge in [0.25, 0.3) is 0 Å². The van der Waals surface area contributed by atoms with Crippen molar-refractivity contribution in [2.75, 3.05) is 12.4 Å². The van der Waals surface area contributed by atoms with E-state index in [1.54, 1.807) is 7.11 Å². The summed E-state index contributed by atoms with van der Waals surface area (Å²) in [7, 11) is 1.70. The van der Waals surface area contributed by atoms with Gasteiger partial charge in [0, 0.05) is 11.6 Å². The van der Waals surface area contributed by atoms with Gasteiger partial charge in [0.15, 0.2) is 11.5 Å². The van der Waals surface area contributed by atoms with Crippen molar-refractivity contribution in [2.24, 2.45) is 5.92 Å². The van der Waals surface area contributed by atoms with Crippen LogP contribution in [0.25, 0.3) is 11.1 Å². The summed E-state index contributed by atoms with van der Waals surface area (Å²) in [5.41, 5.74) is 7.41. The molecule has 4 aromatic rings. The number of anilines is 1. The summed E-state index contributed by atoms with van der Waals surface area (Å²) in [6, 6.07) is 32.1. The van der Waals surface area contributed by atoms with E-state index in [4.69, 9.17) is 9.47 Å². The van der Waals surface area contributed by atoms with Gasteiger partial charge in [-0.05, 0) is 80.4 Å². The number of hydrogen-bond acceptors (Lipinski definition) is 3. The van der Waals surface area contributed by atoms with Gasteiger partial charge in [0.1, 0.15) is 6.61 Å². The molecule has 0 saturated heterocycles. The van der Waals surface area contributed by atoms with E-state index in [0.717, 1.165) is 28.0 Å². The van der Waals surface area contributed by atoms with Crippen LogP contribution >= 0.6 is 15.9 Å². The van der Waals surface area contributed by atoms with Gasteiger partial charge in [-0.2, -0.15) is 0 Å². The number of hydrogen-bond donors (Lipinski definition) is 1. The van der Waals surface area contributed by atoms with Crippen molar-refractivity contribution >= 4 is 21.6 Å². The van der Waals surface area contributed by atoms with Crippen LogP contribution < -0.4 is 14.8 Å². The van der Waals surface area contributed by atoms with Gasteiger partial charge in [-0.3, -0.25) is 0 Å². The molecule has 0 fully saturated rings. The van der Waals surface area contributed by atoms with Crippen molar-refractivity contribution < 1.29 is 9.47 Å². The summed E-state index contributed by atoms with van der Waals surface area (Å²) in [5.74, 6) is 2.30. The maximum Gasteiger partial charge on any atom is 0.175 e. The van der Waals surface area contributed by atoms with Crippen LogP contribution in [0.2, 0.25) is 0 Å². The highest BCUT2D eigenvalue weighted by molar-refractivity contribution is 9.10. The minimum atomic E-state index is 0.174. The fraction of sp³-hybridized carbons (Fsp3) is 0.188. The van der Waals surface area contributed by atoms with Gasteiger partial charge >= 0.3 is 0 Å². The van der Waals surface area contributed by atoms with Crippen molar-refractivity contribution in [3.05, 3.63) is 124 Å². The third-order valence-corrected chi connectivity index (χ3v) is 7.90. The Kier molecular flexibility index (Phi) is 6.28. The Bertz CT molecular complexity index is 1400. The van der Waals surface area contributed by atoms with Crippen LogP contribution in [-0.4, -0.2) is 7.11 Å². The standard InChI is InChI=1S/C32H28BrNO2/c1-35-30-19-24(18-28(33)32(30)36-20-21-9-4-2-5-10-21)31-26-14-8-13-25(26)27-17-23(15-16-29(27)34-31)22-11-6-3-7-12-22/h2-13,15-19,25-26,31,34H,14,20H2,1H3/t25-,26+,31+/m1/s1. The third-order valence-electron chi connectivity index (χ3n) is 7.31. The fourth-order valence-corrected chi connectivity index (χ4v) is 6.10. The SMILES string of the molecule is COc1cc([C@@H]2Nc3ccc(-c4ccccc4)cc3[C@@H]3C=CC[C@@H]32)cc(Br)c1OCc1ccccc1. The number of benzene rings is 4. The Morgan fingerprint density at radius 3 is 2.44 bits per heavy atom. The average molecular weight is 538 g/mol. The first kappa shape index (κ1) is 22.9. The van der Waals surface area contributed by atoms with E-state index < -0.39 is 0 Å². The molecule has 1 aliphatic carbocycles. The molecule has 0 bridgehead atoms. The number of halogens is 1. The average Bonchev–Trinajstić information content (AvgIpc) is 3.43. The first-order valence-corrected chi connectivity index (χ1v) is 13.2. The summed E-state index contributed by atoms with van der Waals surface area (Å²) in [4.78, 5) is 0. The predicted molar refractivity (Wildman–Crippen MR) is 150 cm³/mol. The molecule has 4 heteroatoms. The molecule has 6 rings (SSSR count). The predicted octanol–water partition coefficient (Wildman–Crippen LogP) is 8.53. The van der Waals surface area contributed by atoms with E-state index >= 15 is 0 Å². The van der Waals surface area contributed by atoms with Crippen LogP contribution in [0.5, 0.6) is 11.5 Å². The third kappa shape index (κ3) is 4.31. The summed E-state index contributed by atoms with van der Waals surface area (Å²) in [6.45, 7) is 0.489. The highest BCUT2D eigenvalue weighted by Crippen LogP contribution is 2.52. The summed E-state index contributed by atoms with van der Waals surface area (Å²) >= 11 is 3.77. The van der Waals surface area contributed by atoms with E-state index in [0.29, 0.717) is 18.4 Å². The zero-order valence-corrected chi connectivity index (χ0v) is 21.7. The van der Waals surface area contributed by atoms with E-state index in [1.807, 2.05) is 18.2 Å². The molecule has 4 aromatic carbocycles. The molecule has 0 spiro atoms. The minimum absolute atomic E-state index is 0.174. The Hall–Kier alpha value is -3.50. The molecular formula is C32H28BrNO2.